The Morgan fingerprint density at radius 2 is 2.26 bits per heavy atom. The molecule has 0 bridgehead atoms. The van der Waals surface area contributed by atoms with Crippen LogP contribution < -0.4 is 10.1 Å². The number of aryl methyl sites for hydroxylation is 1. The van der Waals surface area contributed by atoms with Gasteiger partial charge in [-0.05, 0) is 31.5 Å². The molecular weight excluding hydrogens is 238 g/mol. The van der Waals surface area contributed by atoms with Crippen molar-refractivity contribution in [1.82, 2.24) is 15.1 Å². The Balaban J connectivity index is 1.93. The Kier molecular flexibility index (Phi) is 4.58. The van der Waals surface area contributed by atoms with Crippen molar-refractivity contribution in [2.75, 3.05) is 7.11 Å². The molecule has 1 heterocycles. The molecule has 19 heavy (non-hydrogen) atoms. The van der Waals surface area contributed by atoms with Gasteiger partial charge < -0.3 is 10.1 Å². The van der Waals surface area contributed by atoms with Crippen LogP contribution >= 0.6 is 0 Å². The normalized spacial score (nSPS) is 12.4. The Morgan fingerprint density at radius 1 is 1.42 bits per heavy atom. The van der Waals surface area contributed by atoms with Gasteiger partial charge in [-0.1, -0.05) is 12.1 Å². The highest BCUT2D eigenvalue weighted by molar-refractivity contribution is 5.28. The quantitative estimate of drug-likeness (QED) is 0.867. The van der Waals surface area contributed by atoms with Crippen LogP contribution in [-0.4, -0.2) is 16.9 Å². The molecule has 0 spiro atoms. The maximum Gasteiger partial charge on any atom is 0.119 e. The SMILES string of the molecule is CCn1cc(C(C)NCc2cccc(OC)c2)cn1. The van der Waals surface area contributed by atoms with E-state index in [2.05, 4.69) is 42.6 Å². The Labute approximate surface area is 114 Å². The summed E-state index contributed by atoms with van der Waals surface area (Å²) in [6.07, 6.45) is 4.01. The minimum atomic E-state index is 0.284. The minimum absolute atomic E-state index is 0.284. The fourth-order valence-electron chi connectivity index (χ4n) is 1.95. The van der Waals surface area contributed by atoms with Crippen molar-refractivity contribution in [2.24, 2.45) is 0 Å². The molecule has 0 amide bonds. The summed E-state index contributed by atoms with van der Waals surface area (Å²) in [6.45, 7) is 5.96. The molecule has 1 aromatic carbocycles. The van der Waals surface area contributed by atoms with Crippen LogP contribution in [0.15, 0.2) is 36.7 Å². The van der Waals surface area contributed by atoms with Crippen molar-refractivity contribution in [3.8, 4) is 5.75 Å². The van der Waals surface area contributed by atoms with Gasteiger partial charge in [-0.3, -0.25) is 4.68 Å². The second-order valence-electron chi connectivity index (χ2n) is 4.58. The standard InChI is InChI=1S/C15H21N3O/c1-4-18-11-14(10-17-18)12(2)16-9-13-6-5-7-15(8-13)19-3/h5-8,10-12,16H,4,9H2,1-3H3. The third-order valence-electron chi connectivity index (χ3n) is 3.22. The van der Waals surface area contributed by atoms with E-state index in [1.54, 1.807) is 7.11 Å². The van der Waals surface area contributed by atoms with Crippen molar-refractivity contribution in [3.63, 3.8) is 0 Å². The van der Waals surface area contributed by atoms with Gasteiger partial charge in [0.1, 0.15) is 5.75 Å². The molecule has 0 fully saturated rings. The number of nitrogens with zero attached hydrogens (tertiary/aromatic N) is 2. The lowest BCUT2D eigenvalue weighted by molar-refractivity contribution is 0.414. The van der Waals surface area contributed by atoms with Crippen LogP contribution in [0.5, 0.6) is 5.75 Å². The van der Waals surface area contributed by atoms with Crippen LogP contribution in [0.2, 0.25) is 0 Å². The average Bonchev–Trinajstić information content (AvgIpc) is 2.94. The van der Waals surface area contributed by atoms with E-state index < -0.39 is 0 Å². The van der Waals surface area contributed by atoms with Crippen LogP contribution in [0.25, 0.3) is 0 Å². The molecule has 1 aromatic heterocycles. The molecule has 0 aliphatic rings. The smallest absolute Gasteiger partial charge is 0.119 e. The molecule has 4 nitrogen and oxygen atoms in total. The zero-order valence-corrected chi connectivity index (χ0v) is 11.8. The van der Waals surface area contributed by atoms with Crippen LogP contribution in [0.4, 0.5) is 0 Å². The first-order chi connectivity index (χ1) is 9.22. The van der Waals surface area contributed by atoms with Crippen molar-refractivity contribution in [2.45, 2.75) is 33.0 Å². The summed E-state index contributed by atoms with van der Waals surface area (Å²) in [7, 11) is 1.69. The van der Waals surface area contributed by atoms with E-state index in [1.807, 2.05) is 23.0 Å². The van der Waals surface area contributed by atoms with Gasteiger partial charge in [0.15, 0.2) is 0 Å². The number of rotatable bonds is 6. The second kappa shape index (κ2) is 6.38. The number of benzene rings is 1. The number of nitrogens with one attached hydrogen (secondary N) is 1. The maximum absolute atomic E-state index is 5.22. The summed E-state index contributed by atoms with van der Waals surface area (Å²) in [6, 6.07) is 8.40. The summed E-state index contributed by atoms with van der Waals surface area (Å²) in [5, 5.41) is 7.79. The zero-order valence-electron chi connectivity index (χ0n) is 11.8. The van der Waals surface area contributed by atoms with E-state index in [4.69, 9.17) is 4.74 Å². The molecule has 0 saturated heterocycles. The van der Waals surface area contributed by atoms with E-state index >= 15 is 0 Å². The number of methoxy groups -OCH3 is 1. The summed E-state index contributed by atoms with van der Waals surface area (Å²) >= 11 is 0. The molecule has 1 unspecified atom stereocenters. The molecule has 1 atom stereocenters. The molecule has 2 rings (SSSR count). The van der Waals surface area contributed by atoms with E-state index in [-0.39, 0.29) is 6.04 Å². The molecule has 0 aliphatic carbocycles. The lowest BCUT2D eigenvalue weighted by Gasteiger charge is -2.12. The molecule has 0 saturated carbocycles. The highest BCUT2D eigenvalue weighted by Crippen LogP contribution is 2.15. The highest BCUT2D eigenvalue weighted by Gasteiger charge is 2.07. The van der Waals surface area contributed by atoms with Crippen molar-refractivity contribution >= 4 is 0 Å². The predicted molar refractivity (Wildman–Crippen MR) is 76.1 cm³/mol. The average molecular weight is 259 g/mol. The van der Waals surface area contributed by atoms with E-state index in [9.17, 15) is 0 Å². The molecule has 4 heteroatoms. The first-order valence-electron chi connectivity index (χ1n) is 6.61. The van der Waals surface area contributed by atoms with Gasteiger partial charge in [0.2, 0.25) is 0 Å². The lowest BCUT2D eigenvalue weighted by atomic mass is 10.1. The van der Waals surface area contributed by atoms with Gasteiger partial charge in [-0.15, -0.1) is 0 Å². The van der Waals surface area contributed by atoms with E-state index in [1.165, 1.54) is 11.1 Å². The van der Waals surface area contributed by atoms with Crippen LogP contribution in [-0.2, 0) is 13.1 Å². The first kappa shape index (κ1) is 13.6. The fraction of sp³-hybridized carbons (Fsp3) is 0.400. The van der Waals surface area contributed by atoms with Gasteiger partial charge in [-0.2, -0.15) is 5.10 Å². The Morgan fingerprint density at radius 3 is 2.95 bits per heavy atom. The van der Waals surface area contributed by atoms with Gasteiger partial charge in [0.05, 0.1) is 13.3 Å². The van der Waals surface area contributed by atoms with E-state index in [0.29, 0.717) is 0 Å². The van der Waals surface area contributed by atoms with Gasteiger partial charge >= 0.3 is 0 Å². The largest absolute Gasteiger partial charge is 0.497 e. The van der Waals surface area contributed by atoms with Crippen molar-refractivity contribution in [1.29, 1.82) is 0 Å². The molecular formula is C15H21N3O. The topological polar surface area (TPSA) is 39.1 Å². The van der Waals surface area contributed by atoms with Crippen LogP contribution in [0.1, 0.15) is 31.0 Å². The first-order valence-corrected chi connectivity index (χ1v) is 6.61. The second-order valence-corrected chi connectivity index (χ2v) is 4.58. The van der Waals surface area contributed by atoms with Gasteiger partial charge in [-0.25, -0.2) is 0 Å². The number of hydrogen-bond donors (Lipinski definition) is 1. The minimum Gasteiger partial charge on any atom is -0.497 e. The summed E-state index contributed by atoms with van der Waals surface area (Å²) in [5.74, 6) is 0.894. The third kappa shape index (κ3) is 3.58. The lowest BCUT2D eigenvalue weighted by Crippen LogP contribution is -2.17. The molecule has 1 N–H and O–H groups in total. The Bertz CT molecular complexity index is 522. The Hall–Kier alpha value is -1.81. The summed E-state index contributed by atoms with van der Waals surface area (Å²) in [4.78, 5) is 0. The monoisotopic (exact) mass is 259 g/mol. The zero-order chi connectivity index (χ0) is 13.7. The van der Waals surface area contributed by atoms with Crippen LogP contribution in [0, 0.1) is 0 Å². The molecule has 102 valence electrons. The van der Waals surface area contributed by atoms with Crippen molar-refractivity contribution < 1.29 is 4.74 Å². The third-order valence-corrected chi connectivity index (χ3v) is 3.22. The molecule has 0 aliphatic heterocycles. The van der Waals surface area contributed by atoms with Gasteiger partial charge in [0, 0.05) is 30.9 Å². The number of ether oxygens (including phenoxy) is 1. The number of hydrogen-bond acceptors (Lipinski definition) is 3. The highest BCUT2D eigenvalue weighted by atomic mass is 16.5. The maximum atomic E-state index is 5.22. The number of aromatic nitrogens is 2. The van der Waals surface area contributed by atoms with Crippen molar-refractivity contribution in [3.05, 3.63) is 47.8 Å². The van der Waals surface area contributed by atoms with Gasteiger partial charge in [0.25, 0.3) is 0 Å². The van der Waals surface area contributed by atoms with E-state index in [0.717, 1.165) is 18.8 Å². The summed E-state index contributed by atoms with van der Waals surface area (Å²) in [5.41, 5.74) is 2.43. The molecule has 2 aromatic rings. The summed E-state index contributed by atoms with van der Waals surface area (Å²) < 4.78 is 7.17. The van der Waals surface area contributed by atoms with Crippen LogP contribution in [0.3, 0.4) is 0 Å². The predicted octanol–water partition coefficient (Wildman–Crippen LogP) is 2.76. The molecule has 0 radical (unpaired) electrons. The fourth-order valence-corrected chi connectivity index (χ4v) is 1.95.